The molecule has 4 rings (SSSR count). The third-order valence-corrected chi connectivity index (χ3v) is 4.67. The predicted molar refractivity (Wildman–Crippen MR) is 111 cm³/mol. The van der Waals surface area contributed by atoms with Crippen LogP contribution < -0.4 is 5.32 Å². The Balaban J connectivity index is 1.62. The average Bonchev–Trinajstić information content (AvgIpc) is 3.05. The monoisotopic (exact) mass is 454 g/mol. The lowest BCUT2D eigenvalue weighted by atomic mass is 10.1. The molecule has 1 heterocycles. The molecule has 0 atom stereocenters. The second-order valence-corrected chi connectivity index (χ2v) is 7.28. The van der Waals surface area contributed by atoms with Gasteiger partial charge in [-0.25, -0.2) is 4.98 Å². The lowest BCUT2D eigenvalue weighted by molar-refractivity contribution is 0.102. The number of halogens is 1. The van der Waals surface area contributed by atoms with Crippen molar-refractivity contribution < 1.29 is 9.21 Å². The summed E-state index contributed by atoms with van der Waals surface area (Å²) in [5.74, 6) is 0.393. The first-order valence-electron chi connectivity index (χ1n) is 8.13. The third kappa shape index (κ3) is 3.48. The van der Waals surface area contributed by atoms with Gasteiger partial charge in [0.2, 0.25) is 5.89 Å². The molecule has 0 saturated carbocycles. The van der Waals surface area contributed by atoms with Crippen LogP contribution in [0, 0.1) is 10.5 Å². The summed E-state index contributed by atoms with van der Waals surface area (Å²) < 4.78 is 6.89. The fourth-order valence-electron chi connectivity index (χ4n) is 2.72. The number of rotatable bonds is 3. The number of hydrogen-bond acceptors (Lipinski definition) is 3. The highest BCUT2D eigenvalue weighted by atomic mass is 127. The molecule has 0 bridgehead atoms. The zero-order valence-electron chi connectivity index (χ0n) is 14.0. The molecule has 0 spiro atoms. The number of benzene rings is 3. The van der Waals surface area contributed by atoms with Crippen molar-refractivity contribution in [3.05, 3.63) is 81.4 Å². The lowest BCUT2D eigenvalue weighted by Gasteiger charge is -2.06. The molecule has 128 valence electrons. The third-order valence-electron chi connectivity index (χ3n) is 4.00. The van der Waals surface area contributed by atoms with Gasteiger partial charge in [0.05, 0.1) is 0 Å². The Morgan fingerprint density at radius 3 is 2.73 bits per heavy atom. The van der Waals surface area contributed by atoms with E-state index in [4.69, 9.17) is 4.42 Å². The number of aromatic nitrogens is 1. The first-order valence-corrected chi connectivity index (χ1v) is 9.21. The first kappa shape index (κ1) is 16.8. The van der Waals surface area contributed by atoms with Gasteiger partial charge in [0.1, 0.15) is 5.52 Å². The van der Waals surface area contributed by atoms with E-state index in [1.165, 1.54) is 0 Å². The molecular weight excluding hydrogens is 439 g/mol. The SMILES string of the molecule is Cc1ccc2nc(-c3cccc(NC(=O)c4cccc(I)c4)c3)oc2c1. The number of aryl methyl sites for hydroxylation is 1. The van der Waals surface area contributed by atoms with Crippen LogP contribution in [0.5, 0.6) is 0 Å². The highest BCUT2D eigenvalue weighted by Crippen LogP contribution is 2.27. The quantitative estimate of drug-likeness (QED) is 0.407. The van der Waals surface area contributed by atoms with Crippen molar-refractivity contribution in [1.82, 2.24) is 4.98 Å². The van der Waals surface area contributed by atoms with Crippen LogP contribution >= 0.6 is 22.6 Å². The van der Waals surface area contributed by atoms with Crippen LogP contribution in [-0.2, 0) is 0 Å². The second-order valence-electron chi connectivity index (χ2n) is 6.04. The van der Waals surface area contributed by atoms with Crippen molar-refractivity contribution in [2.24, 2.45) is 0 Å². The molecule has 4 aromatic rings. The summed E-state index contributed by atoms with van der Waals surface area (Å²) in [5, 5.41) is 2.93. The maximum atomic E-state index is 12.4. The Morgan fingerprint density at radius 2 is 1.88 bits per heavy atom. The molecule has 0 aliphatic carbocycles. The first-order chi connectivity index (χ1) is 12.6. The van der Waals surface area contributed by atoms with Crippen molar-refractivity contribution in [2.75, 3.05) is 5.32 Å². The molecule has 0 unspecified atom stereocenters. The Hall–Kier alpha value is -2.67. The maximum Gasteiger partial charge on any atom is 0.255 e. The van der Waals surface area contributed by atoms with E-state index in [1.54, 1.807) is 6.07 Å². The number of oxazole rings is 1. The van der Waals surface area contributed by atoms with E-state index < -0.39 is 0 Å². The largest absolute Gasteiger partial charge is 0.436 e. The van der Waals surface area contributed by atoms with Crippen molar-refractivity contribution in [3.63, 3.8) is 0 Å². The smallest absolute Gasteiger partial charge is 0.255 e. The van der Waals surface area contributed by atoms with Crippen LogP contribution in [0.4, 0.5) is 5.69 Å². The predicted octanol–water partition coefficient (Wildman–Crippen LogP) is 5.66. The fourth-order valence-corrected chi connectivity index (χ4v) is 3.26. The Kier molecular flexibility index (Phi) is 4.46. The zero-order valence-corrected chi connectivity index (χ0v) is 16.2. The molecule has 0 aliphatic rings. The topological polar surface area (TPSA) is 55.1 Å². The van der Waals surface area contributed by atoms with Crippen LogP contribution in [0.2, 0.25) is 0 Å². The minimum Gasteiger partial charge on any atom is -0.436 e. The van der Waals surface area contributed by atoms with Gasteiger partial charge in [-0.1, -0.05) is 18.2 Å². The van der Waals surface area contributed by atoms with Crippen LogP contribution in [-0.4, -0.2) is 10.9 Å². The van der Waals surface area contributed by atoms with E-state index in [0.29, 0.717) is 17.1 Å². The van der Waals surface area contributed by atoms with Crippen molar-refractivity contribution in [3.8, 4) is 11.5 Å². The lowest BCUT2D eigenvalue weighted by Crippen LogP contribution is -2.11. The fraction of sp³-hybridized carbons (Fsp3) is 0.0476. The van der Waals surface area contributed by atoms with Gasteiger partial charge in [0.15, 0.2) is 5.58 Å². The number of nitrogens with zero attached hydrogens (tertiary/aromatic N) is 1. The van der Waals surface area contributed by atoms with Crippen LogP contribution in [0.1, 0.15) is 15.9 Å². The molecule has 1 aromatic heterocycles. The molecule has 0 fully saturated rings. The molecule has 26 heavy (non-hydrogen) atoms. The number of nitrogens with one attached hydrogen (secondary N) is 1. The minimum absolute atomic E-state index is 0.145. The van der Waals surface area contributed by atoms with Gasteiger partial charge in [-0.3, -0.25) is 4.79 Å². The summed E-state index contributed by atoms with van der Waals surface area (Å²) in [6.07, 6.45) is 0. The van der Waals surface area contributed by atoms with E-state index in [0.717, 1.165) is 25.8 Å². The van der Waals surface area contributed by atoms with E-state index >= 15 is 0 Å². The van der Waals surface area contributed by atoms with E-state index in [9.17, 15) is 4.79 Å². The minimum atomic E-state index is -0.145. The van der Waals surface area contributed by atoms with Gasteiger partial charge < -0.3 is 9.73 Å². The Labute approximate surface area is 164 Å². The molecule has 1 N–H and O–H groups in total. The van der Waals surface area contributed by atoms with Gasteiger partial charge in [0.25, 0.3) is 5.91 Å². The number of carbonyl (C=O) groups is 1. The number of anilines is 1. The van der Waals surface area contributed by atoms with E-state index in [-0.39, 0.29) is 5.91 Å². The van der Waals surface area contributed by atoms with Crippen LogP contribution in [0.15, 0.2) is 71.1 Å². The van der Waals surface area contributed by atoms with Gasteiger partial charge in [-0.05, 0) is 83.6 Å². The van der Waals surface area contributed by atoms with Gasteiger partial charge in [0, 0.05) is 20.4 Å². The molecule has 0 aliphatic heterocycles. The van der Waals surface area contributed by atoms with Crippen molar-refractivity contribution >= 4 is 45.3 Å². The summed E-state index contributed by atoms with van der Waals surface area (Å²) in [5.41, 5.74) is 4.84. The van der Waals surface area contributed by atoms with Gasteiger partial charge in [-0.2, -0.15) is 0 Å². The summed E-state index contributed by atoms with van der Waals surface area (Å²) >= 11 is 2.19. The van der Waals surface area contributed by atoms with Crippen molar-refractivity contribution in [1.29, 1.82) is 0 Å². The van der Waals surface area contributed by atoms with Crippen LogP contribution in [0.25, 0.3) is 22.6 Å². The summed E-state index contributed by atoms with van der Waals surface area (Å²) in [7, 11) is 0. The molecule has 0 saturated heterocycles. The number of hydrogen-bond donors (Lipinski definition) is 1. The zero-order chi connectivity index (χ0) is 18.1. The number of amides is 1. The van der Waals surface area contributed by atoms with Gasteiger partial charge in [-0.15, -0.1) is 0 Å². The Morgan fingerprint density at radius 1 is 1.04 bits per heavy atom. The second kappa shape index (κ2) is 6.92. The van der Waals surface area contributed by atoms with Crippen molar-refractivity contribution in [2.45, 2.75) is 6.92 Å². The molecule has 1 amide bonds. The number of carbonyl (C=O) groups excluding carboxylic acids is 1. The van der Waals surface area contributed by atoms with E-state index in [1.807, 2.05) is 67.6 Å². The molecule has 0 radical (unpaired) electrons. The molecular formula is C21H15IN2O2. The highest BCUT2D eigenvalue weighted by Gasteiger charge is 2.11. The van der Waals surface area contributed by atoms with E-state index in [2.05, 4.69) is 32.9 Å². The standard InChI is InChI=1S/C21H15IN2O2/c1-13-8-9-18-19(10-13)26-21(24-18)15-5-3-7-17(12-15)23-20(25)14-4-2-6-16(22)11-14/h2-12H,1H3,(H,23,25). The van der Waals surface area contributed by atoms with Crippen LogP contribution in [0.3, 0.4) is 0 Å². The average molecular weight is 454 g/mol. The maximum absolute atomic E-state index is 12.4. The summed E-state index contributed by atoms with van der Waals surface area (Å²) in [6.45, 7) is 2.02. The summed E-state index contributed by atoms with van der Waals surface area (Å²) in [4.78, 5) is 17.0. The molecule has 4 nitrogen and oxygen atoms in total. The molecule has 5 heteroatoms. The number of fused-ring (bicyclic) bond motifs is 1. The van der Waals surface area contributed by atoms with Gasteiger partial charge >= 0.3 is 0 Å². The summed E-state index contributed by atoms with van der Waals surface area (Å²) in [6, 6.07) is 20.9. The Bertz CT molecular complexity index is 1120. The normalized spacial score (nSPS) is 10.8. The highest BCUT2D eigenvalue weighted by molar-refractivity contribution is 14.1. The molecule has 3 aromatic carbocycles.